The van der Waals surface area contributed by atoms with Gasteiger partial charge < -0.3 is 15.4 Å². The molecule has 0 saturated carbocycles. The lowest BCUT2D eigenvalue weighted by atomic mass is 10.2. The maximum Gasteiger partial charge on any atom is 0.255 e. The zero-order chi connectivity index (χ0) is 12.0. The summed E-state index contributed by atoms with van der Waals surface area (Å²) in [5, 5.41) is 5.61. The predicted molar refractivity (Wildman–Crippen MR) is 65.7 cm³/mol. The van der Waals surface area contributed by atoms with Crippen LogP contribution in [0.5, 0.6) is 0 Å². The molecular formula is C10H14BrN3O2. The molecule has 0 bridgehead atoms. The van der Waals surface area contributed by atoms with Crippen molar-refractivity contribution in [1.82, 2.24) is 10.3 Å². The molecule has 1 heterocycles. The van der Waals surface area contributed by atoms with Crippen molar-refractivity contribution in [2.75, 3.05) is 32.6 Å². The second-order valence-corrected chi connectivity index (χ2v) is 3.96. The van der Waals surface area contributed by atoms with E-state index in [1.165, 1.54) is 0 Å². The summed E-state index contributed by atoms with van der Waals surface area (Å²) in [6, 6.07) is 1.72. The van der Waals surface area contributed by atoms with Gasteiger partial charge in [0.2, 0.25) is 0 Å². The Morgan fingerprint density at radius 1 is 1.62 bits per heavy atom. The van der Waals surface area contributed by atoms with E-state index in [0.29, 0.717) is 24.5 Å². The van der Waals surface area contributed by atoms with Gasteiger partial charge in [0.05, 0.1) is 12.2 Å². The molecular weight excluding hydrogens is 274 g/mol. The van der Waals surface area contributed by atoms with Gasteiger partial charge in [-0.05, 0) is 22.0 Å². The lowest BCUT2D eigenvalue weighted by molar-refractivity contribution is 0.0937. The molecule has 6 heteroatoms. The van der Waals surface area contributed by atoms with Crippen LogP contribution < -0.4 is 10.6 Å². The van der Waals surface area contributed by atoms with E-state index in [1.807, 2.05) is 0 Å². The van der Waals surface area contributed by atoms with Crippen LogP contribution in [-0.2, 0) is 4.74 Å². The smallest absolute Gasteiger partial charge is 0.255 e. The van der Waals surface area contributed by atoms with Gasteiger partial charge in [-0.3, -0.25) is 4.79 Å². The van der Waals surface area contributed by atoms with Crippen LogP contribution in [0.2, 0.25) is 0 Å². The normalized spacial score (nSPS) is 9.94. The standard InChI is InChI=1S/C10H14BrN3O2/c1-12-9-8(5-7(11)6-14-9)10(15)13-3-4-16-2/h5-6H,3-4H2,1-2H3,(H,12,14)(H,13,15). The van der Waals surface area contributed by atoms with E-state index in [0.717, 1.165) is 4.47 Å². The van der Waals surface area contributed by atoms with Crippen LogP contribution in [0.3, 0.4) is 0 Å². The number of ether oxygens (including phenoxy) is 1. The predicted octanol–water partition coefficient (Wildman–Crippen LogP) is 1.26. The van der Waals surface area contributed by atoms with Crippen molar-refractivity contribution in [1.29, 1.82) is 0 Å². The molecule has 0 radical (unpaired) electrons. The first kappa shape index (κ1) is 12.9. The number of amides is 1. The molecule has 1 aromatic heterocycles. The van der Waals surface area contributed by atoms with Gasteiger partial charge in [0.25, 0.3) is 5.91 Å². The average Bonchev–Trinajstić information content (AvgIpc) is 2.29. The Balaban J connectivity index is 2.76. The molecule has 0 saturated heterocycles. The Kier molecular flexibility index (Phi) is 5.21. The van der Waals surface area contributed by atoms with Crippen molar-refractivity contribution in [2.45, 2.75) is 0 Å². The molecule has 2 N–H and O–H groups in total. The Morgan fingerprint density at radius 2 is 2.38 bits per heavy atom. The third-order valence-electron chi connectivity index (χ3n) is 1.93. The van der Waals surface area contributed by atoms with Crippen molar-refractivity contribution in [2.24, 2.45) is 0 Å². The maximum atomic E-state index is 11.8. The zero-order valence-electron chi connectivity index (χ0n) is 9.21. The molecule has 88 valence electrons. The molecule has 0 aromatic carbocycles. The Bertz CT molecular complexity index is 371. The number of hydrogen-bond acceptors (Lipinski definition) is 4. The fourth-order valence-electron chi connectivity index (χ4n) is 1.17. The number of nitrogens with zero attached hydrogens (tertiary/aromatic N) is 1. The molecule has 0 aliphatic rings. The molecule has 0 aliphatic carbocycles. The number of aromatic nitrogens is 1. The van der Waals surface area contributed by atoms with Crippen LogP contribution in [0.25, 0.3) is 0 Å². The number of halogens is 1. The van der Waals surface area contributed by atoms with Gasteiger partial charge in [0.15, 0.2) is 0 Å². The number of rotatable bonds is 5. The summed E-state index contributed by atoms with van der Waals surface area (Å²) in [5.74, 6) is 0.383. The van der Waals surface area contributed by atoms with E-state index in [4.69, 9.17) is 4.74 Å². The summed E-state index contributed by atoms with van der Waals surface area (Å²) in [6.45, 7) is 0.965. The molecule has 5 nitrogen and oxygen atoms in total. The van der Waals surface area contributed by atoms with Gasteiger partial charge >= 0.3 is 0 Å². The Labute approximate surface area is 103 Å². The number of hydrogen-bond donors (Lipinski definition) is 2. The van der Waals surface area contributed by atoms with Crippen LogP contribution in [0, 0.1) is 0 Å². The number of nitrogens with one attached hydrogen (secondary N) is 2. The van der Waals surface area contributed by atoms with Crippen LogP contribution in [0.15, 0.2) is 16.7 Å². The van der Waals surface area contributed by atoms with Crippen molar-refractivity contribution in [3.8, 4) is 0 Å². The lowest BCUT2D eigenvalue weighted by Gasteiger charge is -2.08. The highest BCUT2D eigenvalue weighted by Gasteiger charge is 2.11. The molecule has 1 rings (SSSR count). The van der Waals surface area contributed by atoms with Gasteiger partial charge in [-0.15, -0.1) is 0 Å². The van der Waals surface area contributed by atoms with Gasteiger partial charge in [-0.2, -0.15) is 0 Å². The number of anilines is 1. The van der Waals surface area contributed by atoms with Crippen LogP contribution in [0.1, 0.15) is 10.4 Å². The van der Waals surface area contributed by atoms with E-state index >= 15 is 0 Å². The van der Waals surface area contributed by atoms with E-state index in [1.54, 1.807) is 26.4 Å². The second kappa shape index (κ2) is 6.44. The molecule has 1 aromatic rings. The van der Waals surface area contributed by atoms with Crippen LogP contribution in [-0.4, -0.2) is 38.2 Å². The monoisotopic (exact) mass is 287 g/mol. The molecule has 1 amide bonds. The molecule has 16 heavy (non-hydrogen) atoms. The minimum absolute atomic E-state index is 0.171. The van der Waals surface area contributed by atoms with Gasteiger partial charge in [-0.25, -0.2) is 4.98 Å². The highest BCUT2D eigenvalue weighted by molar-refractivity contribution is 9.10. The molecule has 0 spiro atoms. The quantitative estimate of drug-likeness (QED) is 0.801. The Morgan fingerprint density at radius 3 is 3.00 bits per heavy atom. The number of carbonyl (C=O) groups excluding carboxylic acids is 1. The van der Waals surface area contributed by atoms with Crippen molar-refractivity contribution in [3.05, 3.63) is 22.3 Å². The van der Waals surface area contributed by atoms with Crippen molar-refractivity contribution < 1.29 is 9.53 Å². The summed E-state index contributed by atoms with van der Waals surface area (Å²) in [4.78, 5) is 15.9. The number of pyridine rings is 1. The minimum atomic E-state index is -0.171. The Hall–Kier alpha value is -1.14. The fraction of sp³-hybridized carbons (Fsp3) is 0.400. The SMILES string of the molecule is CNc1ncc(Br)cc1C(=O)NCCOC. The van der Waals surface area contributed by atoms with Crippen molar-refractivity contribution in [3.63, 3.8) is 0 Å². The topological polar surface area (TPSA) is 63.2 Å². The lowest BCUT2D eigenvalue weighted by Crippen LogP contribution is -2.27. The number of carbonyl (C=O) groups is 1. The van der Waals surface area contributed by atoms with Crippen molar-refractivity contribution >= 4 is 27.7 Å². The van der Waals surface area contributed by atoms with E-state index in [2.05, 4.69) is 31.5 Å². The van der Waals surface area contributed by atoms with Gasteiger partial charge in [0.1, 0.15) is 5.82 Å². The van der Waals surface area contributed by atoms with Crippen LogP contribution >= 0.6 is 15.9 Å². The first-order chi connectivity index (χ1) is 7.69. The summed E-state index contributed by atoms with van der Waals surface area (Å²) in [6.07, 6.45) is 1.64. The average molecular weight is 288 g/mol. The van der Waals surface area contributed by atoms with E-state index in [9.17, 15) is 4.79 Å². The first-order valence-electron chi connectivity index (χ1n) is 4.79. The number of methoxy groups -OCH3 is 1. The van der Waals surface area contributed by atoms with E-state index in [-0.39, 0.29) is 5.91 Å². The maximum absolute atomic E-state index is 11.8. The third-order valence-corrected chi connectivity index (χ3v) is 2.36. The summed E-state index contributed by atoms with van der Waals surface area (Å²) in [5.41, 5.74) is 0.507. The molecule has 0 fully saturated rings. The third kappa shape index (κ3) is 3.46. The zero-order valence-corrected chi connectivity index (χ0v) is 10.8. The summed E-state index contributed by atoms with van der Waals surface area (Å²) < 4.78 is 5.62. The largest absolute Gasteiger partial charge is 0.383 e. The summed E-state index contributed by atoms with van der Waals surface area (Å²) in [7, 11) is 3.31. The van der Waals surface area contributed by atoms with Gasteiger partial charge in [-0.1, -0.05) is 0 Å². The molecule has 0 atom stereocenters. The minimum Gasteiger partial charge on any atom is -0.383 e. The summed E-state index contributed by atoms with van der Waals surface area (Å²) >= 11 is 3.28. The second-order valence-electron chi connectivity index (χ2n) is 3.05. The highest BCUT2D eigenvalue weighted by atomic mass is 79.9. The van der Waals surface area contributed by atoms with E-state index < -0.39 is 0 Å². The van der Waals surface area contributed by atoms with Crippen LogP contribution in [0.4, 0.5) is 5.82 Å². The molecule has 0 unspecified atom stereocenters. The molecule has 0 aliphatic heterocycles. The van der Waals surface area contributed by atoms with Gasteiger partial charge in [0, 0.05) is 31.4 Å². The first-order valence-corrected chi connectivity index (χ1v) is 5.58. The highest BCUT2D eigenvalue weighted by Crippen LogP contribution is 2.17. The fourth-order valence-corrected chi connectivity index (χ4v) is 1.50.